The number of carbonyl (C=O) groups is 1. The molecule has 0 amide bonds. The molecule has 0 aliphatic carbocycles. The minimum Gasteiger partial charge on any atom is -0.507 e. The summed E-state index contributed by atoms with van der Waals surface area (Å²) in [7, 11) is 1.53. The van der Waals surface area contributed by atoms with E-state index in [1.807, 2.05) is 6.92 Å². The smallest absolute Gasteiger partial charge is 0.260 e. The van der Waals surface area contributed by atoms with Crippen molar-refractivity contribution in [1.29, 1.82) is 0 Å². The SMILES string of the molecule is COc1cc(O)c2c(c1C)C(=O)CCCCCC(=S)N[C@H](c1nc(N)no1)CSC2.Cl. The van der Waals surface area contributed by atoms with E-state index in [9.17, 15) is 9.90 Å². The lowest BCUT2D eigenvalue weighted by molar-refractivity contribution is 0.0977. The Bertz CT molecular complexity index is 938. The standard InChI is InChI=1S/C20H26N4O4S2.ClH/c1-11-16(27-2)8-15(26)12-9-30-10-13(19-23-20(21)24-28-19)22-17(29)7-5-3-4-6-14(25)18(11)12;/h8,13,26H,3-7,9-10H2,1-2H3,(H2,21,24)(H,22,29);1H/t13-;/m0./s1. The number of rotatable bonds is 2. The first kappa shape index (κ1) is 25.2. The topological polar surface area (TPSA) is 124 Å². The molecular formula is C20H27ClN4O4S2. The highest BCUT2D eigenvalue weighted by Gasteiger charge is 2.24. The molecule has 0 unspecified atom stereocenters. The Labute approximate surface area is 197 Å². The number of aromatic nitrogens is 2. The molecule has 0 saturated carbocycles. The summed E-state index contributed by atoms with van der Waals surface area (Å²) in [5, 5.41) is 17.6. The van der Waals surface area contributed by atoms with E-state index < -0.39 is 0 Å². The normalized spacial score (nSPS) is 18.3. The van der Waals surface area contributed by atoms with Crippen LogP contribution in [0.15, 0.2) is 10.6 Å². The predicted octanol–water partition coefficient (Wildman–Crippen LogP) is 4.13. The van der Waals surface area contributed by atoms with E-state index in [1.165, 1.54) is 18.9 Å². The van der Waals surface area contributed by atoms with Gasteiger partial charge in [-0.25, -0.2) is 0 Å². The molecule has 0 bridgehead atoms. The van der Waals surface area contributed by atoms with Gasteiger partial charge in [0.2, 0.25) is 0 Å². The molecule has 1 aromatic heterocycles. The third-order valence-corrected chi connectivity index (χ3v) is 6.44. The van der Waals surface area contributed by atoms with Gasteiger partial charge in [-0.2, -0.15) is 16.7 Å². The molecule has 4 N–H and O–H groups in total. The van der Waals surface area contributed by atoms with E-state index in [2.05, 4.69) is 15.5 Å². The summed E-state index contributed by atoms with van der Waals surface area (Å²) in [4.78, 5) is 17.8. The third kappa shape index (κ3) is 6.24. The number of nitrogens with two attached hydrogens (primary N) is 1. The van der Waals surface area contributed by atoms with Crippen molar-refractivity contribution in [3.05, 3.63) is 28.6 Å². The maximum absolute atomic E-state index is 13.0. The van der Waals surface area contributed by atoms with Crippen LogP contribution in [-0.4, -0.2) is 38.9 Å². The molecule has 0 radical (unpaired) electrons. The van der Waals surface area contributed by atoms with Gasteiger partial charge in [-0.15, -0.1) is 12.4 Å². The first-order chi connectivity index (χ1) is 14.4. The summed E-state index contributed by atoms with van der Waals surface area (Å²) in [6.07, 6.45) is 3.66. The van der Waals surface area contributed by atoms with Crippen LogP contribution in [0.3, 0.4) is 0 Å². The van der Waals surface area contributed by atoms with Crippen molar-refractivity contribution in [3.8, 4) is 11.5 Å². The van der Waals surface area contributed by atoms with Gasteiger partial charge < -0.3 is 25.4 Å². The van der Waals surface area contributed by atoms with Crippen LogP contribution in [0.2, 0.25) is 0 Å². The number of Topliss-reactive ketones (excluding diaryl/α,β-unsaturated/α-hetero) is 1. The fourth-order valence-electron chi connectivity index (χ4n) is 3.51. The minimum absolute atomic E-state index is 0. The fraction of sp³-hybridized carbons (Fsp3) is 0.500. The number of hydrogen-bond donors (Lipinski definition) is 3. The average molecular weight is 487 g/mol. The zero-order valence-corrected chi connectivity index (χ0v) is 19.9. The summed E-state index contributed by atoms with van der Waals surface area (Å²) in [6, 6.07) is 1.25. The number of carbonyl (C=O) groups excluding carboxylic acids is 1. The number of nitrogens with one attached hydrogen (secondary N) is 1. The van der Waals surface area contributed by atoms with Crippen molar-refractivity contribution in [2.75, 3.05) is 18.6 Å². The summed E-state index contributed by atoms with van der Waals surface area (Å²) >= 11 is 7.00. The van der Waals surface area contributed by atoms with E-state index in [1.54, 1.807) is 6.07 Å². The number of nitrogens with zero attached hydrogens (tertiary/aromatic N) is 2. The zero-order valence-electron chi connectivity index (χ0n) is 17.5. The van der Waals surface area contributed by atoms with E-state index in [-0.39, 0.29) is 35.9 Å². The minimum atomic E-state index is -0.309. The first-order valence-electron chi connectivity index (χ1n) is 9.79. The Morgan fingerprint density at radius 2 is 2.10 bits per heavy atom. The molecule has 31 heavy (non-hydrogen) atoms. The second-order valence-corrected chi connectivity index (χ2v) is 8.71. The Balaban J connectivity index is 0.00000341. The van der Waals surface area contributed by atoms with Gasteiger partial charge in [0, 0.05) is 40.7 Å². The number of halogens is 1. The molecule has 1 aliphatic heterocycles. The Hall–Kier alpha value is -2.04. The van der Waals surface area contributed by atoms with Crippen LogP contribution >= 0.6 is 36.4 Å². The first-order valence-corrected chi connectivity index (χ1v) is 11.4. The Kier molecular flexibility index (Phi) is 9.39. The molecule has 1 aliphatic rings. The summed E-state index contributed by atoms with van der Waals surface area (Å²) in [6.45, 7) is 1.85. The molecular weight excluding hydrogens is 460 g/mol. The summed E-state index contributed by atoms with van der Waals surface area (Å²) < 4.78 is 10.6. The molecule has 170 valence electrons. The number of aromatic hydroxyl groups is 1. The quantitative estimate of drug-likeness (QED) is 0.533. The van der Waals surface area contributed by atoms with Crippen molar-refractivity contribution < 1.29 is 19.2 Å². The van der Waals surface area contributed by atoms with Gasteiger partial charge in [-0.3, -0.25) is 4.79 Å². The van der Waals surface area contributed by atoms with Gasteiger partial charge in [-0.05, 0) is 31.3 Å². The second-order valence-electron chi connectivity index (χ2n) is 7.19. The van der Waals surface area contributed by atoms with E-state index in [4.69, 9.17) is 27.2 Å². The number of nitrogen functional groups attached to an aromatic ring is 1. The van der Waals surface area contributed by atoms with Crippen LogP contribution in [0.1, 0.15) is 65.5 Å². The number of phenolic OH excluding ortho intramolecular Hbond substituents is 1. The molecule has 0 fully saturated rings. The molecule has 3 rings (SSSR count). The highest BCUT2D eigenvalue weighted by atomic mass is 35.5. The molecule has 0 saturated heterocycles. The van der Waals surface area contributed by atoms with Crippen molar-refractivity contribution in [2.45, 2.75) is 50.8 Å². The lowest BCUT2D eigenvalue weighted by Gasteiger charge is -2.20. The number of phenols is 1. The monoisotopic (exact) mass is 486 g/mol. The Morgan fingerprint density at radius 3 is 2.77 bits per heavy atom. The highest BCUT2D eigenvalue weighted by molar-refractivity contribution is 7.98. The molecule has 11 heteroatoms. The number of anilines is 1. The van der Waals surface area contributed by atoms with Gasteiger partial charge in [0.15, 0.2) is 5.78 Å². The second kappa shape index (κ2) is 11.5. The predicted molar refractivity (Wildman–Crippen MR) is 127 cm³/mol. The van der Waals surface area contributed by atoms with Gasteiger partial charge in [0.25, 0.3) is 11.8 Å². The molecule has 8 nitrogen and oxygen atoms in total. The highest BCUT2D eigenvalue weighted by Crippen LogP contribution is 2.36. The third-order valence-electron chi connectivity index (χ3n) is 5.05. The number of hydrogen-bond acceptors (Lipinski definition) is 9. The lowest BCUT2D eigenvalue weighted by Crippen LogP contribution is -2.29. The Morgan fingerprint density at radius 1 is 1.35 bits per heavy atom. The van der Waals surface area contributed by atoms with E-state index in [0.717, 1.165) is 31.2 Å². The molecule has 2 aromatic rings. The number of thioether (sulfide) groups is 1. The largest absolute Gasteiger partial charge is 0.507 e. The average Bonchev–Trinajstić information content (AvgIpc) is 3.14. The van der Waals surface area contributed by atoms with Gasteiger partial charge in [-0.1, -0.05) is 18.6 Å². The fourth-order valence-corrected chi connectivity index (χ4v) is 4.88. The van der Waals surface area contributed by atoms with Gasteiger partial charge in [0.1, 0.15) is 17.5 Å². The van der Waals surface area contributed by atoms with Crippen LogP contribution in [0.5, 0.6) is 11.5 Å². The number of thiocarbonyl (C=S) groups is 1. The number of fused-ring (bicyclic) bond motifs is 1. The van der Waals surface area contributed by atoms with Gasteiger partial charge in [0.05, 0.1) is 12.1 Å². The summed E-state index contributed by atoms with van der Waals surface area (Å²) in [5.74, 6) is 2.00. The van der Waals surface area contributed by atoms with Gasteiger partial charge >= 0.3 is 0 Å². The van der Waals surface area contributed by atoms with Crippen LogP contribution in [0.4, 0.5) is 5.95 Å². The van der Waals surface area contributed by atoms with Crippen LogP contribution in [-0.2, 0) is 5.75 Å². The van der Waals surface area contributed by atoms with Crippen molar-refractivity contribution >= 4 is 53.1 Å². The number of benzene rings is 1. The van der Waals surface area contributed by atoms with E-state index >= 15 is 0 Å². The number of methoxy groups -OCH3 is 1. The van der Waals surface area contributed by atoms with Crippen LogP contribution in [0, 0.1) is 6.92 Å². The van der Waals surface area contributed by atoms with Crippen molar-refractivity contribution in [2.24, 2.45) is 0 Å². The van der Waals surface area contributed by atoms with Crippen LogP contribution < -0.4 is 15.8 Å². The maximum Gasteiger partial charge on any atom is 0.260 e. The molecule has 1 atom stereocenters. The van der Waals surface area contributed by atoms with Crippen molar-refractivity contribution in [3.63, 3.8) is 0 Å². The number of ketones is 1. The van der Waals surface area contributed by atoms with Crippen molar-refractivity contribution in [1.82, 2.24) is 15.5 Å². The maximum atomic E-state index is 13.0. The molecule has 1 aromatic carbocycles. The zero-order chi connectivity index (χ0) is 21.7. The number of ether oxygens (including phenoxy) is 1. The van der Waals surface area contributed by atoms with Crippen LogP contribution in [0.25, 0.3) is 0 Å². The molecule has 2 heterocycles. The van der Waals surface area contributed by atoms with E-state index in [0.29, 0.717) is 45.7 Å². The lowest BCUT2D eigenvalue weighted by atomic mass is 9.94. The summed E-state index contributed by atoms with van der Waals surface area (Å²) in [5.41, 5.74) is 7.53. The molecule has 0 spiro atoms.